The second-order valence-electron chi connectivity index (χ2n) is 9.97. The number of nitrogens with zero attached hydrogens (tertiary/aromatic N) is 3. The van der Waals surface area contributed by atoms with Gasteiger partial charge in [-0.3, -0.25) is 4.79 Å². The standard InChI is InChI=1S/C27H29N3O3/c1-27(2)21-15-22-24(32-25(21)20-8-3-4-9-23(20)33-27)10-12-30(22)26(31)19-7-5-6-18(14-19)16-29-13-11-28-17-29/h3-9,11,13-14,17,21-22,24-25H,10,12,15-16H2,1-2H3/t21-,22+,24-,25+/m1/s1. The van der Waals surface area contributed by atoms with Crippen molar-refractivity contribution in [2.75, 3.05) is 6.54 Å². The Bertz CT molecular complexity index is 1170. The van der Waals surface area contributed by atoms with Gasteiger partial charge in [-0.2, -0.15) is 0 Å². The maximum absolute atomic E-state index is 13.6. The van der Waals surface area contributed by atoms with Crippen LogP contribution in [0.1, 0.15) is 54.3 Å². The van der Waals surface area contributed by atoms with Crippen molar-refractivity contribution >= 4 is 5.91 Å². The van der Waals surface area contributed by atoms with Crippen LogP contribution in [0.2, 0.25) is 0 Å². The molecule has 6 heteroatoms. The summed E-state index contributed by atoms with van der Waals surface area (Å²) >= 11 is 0. The molecule has 4 atom stereocenters. The first kappa shape index (κ1) is 20.5. The summed E-state index contributed by atoms with van der Waals surface area (Å²) in [5, 5.41) is 0. The van der Waals surface area contributed by atoms with Crippen LogP contribution in [0.3, 0.4) is 0 Å². The molecule has 2 saturated heterocycles. The number of imidazole rings is 1. The van der Waals surface area contributed by atoms with Crippen LogP contribution in [0.4, 0.5) is 0 Å². The molecule has 1 aromatic heterocycles. The van der Waals surface area contributed by atoms with E-state index in [1.54, 1.807) is 12.5 Å². The molecule has 3 aromatic rings. The molecule has 0 unspecified atom stereocenters. The molecule has 2 fully saturated rings. The van der Waals surface area contributed by atoms with Crippen LogP contribution in [0.15, 0.2) is 67.3 Å². The van der Waals surface area contributed by atoms with Gasteiger partial charge in [0.2, 0.25) is 0 Å². The number of para-hydroxylation sites is 1. The summed E-state index contributed by atoms with van der Waals surface area (Å²) in [5.74, 6) is 1.20. The van der Waals surface area contributed by atoms with Crippen LogP contribution in [0.25, 0.3) is 0 Å². The predicted molar refractivity (Wildman–Crippen MR) is 124 cm³/mol. The Morgan fingerprint density at radius 3 is 2.91 bits per heavy atom. The van der Waals surface area contributed by atoms with Crippen LogP contribution in [0, 0.1) is 5.92 Å². The molecule has 6 nitrogen and oxygen atoms in total. The number of hydrogen-bond donors (Lipinski definition) is 0. The monoisotopic (exact) mass is 443 g/mol. The number of likely N-dealkylation sites (tertiary alicyclic amines) is 1. The highest BCUT2D eigenvalue weighted by molar-refractivity contribution is 5.94. The highest BCUT2D eigenvalue weighted by Gasteiger charge is 2.53. The zero-order valence-electron chi connectivity index (χ0n) is 19.1. The molecule has 1 amide bonds. The Morgan fingerprint density at radius 2 is 2.06 bits per heavy atom. The molecule has 0 saturated carbocycles. The molecule has 170 valence electrons. The van der Waals surface area contributed by atoms with Gasteiger partial charge in [-0.05, 0) is 50.5 Å². The second-order valence-corrected chi connectivity index (χ2v) is 9.97. The predicted octanol–water partition coefficient (Wildman–Crippen LogP) is 4.46. The highest BCUT2D eigenvalue weighted by Crippen LogP contribution is 2.52. The summed E-state index contributed by atoms with van der Waals surface area (Å²) in [6, 6.07) is 16.2. The minimum absolute atomic E-state index is 0.0137. The summed E-state index contributed by atoms with van der Waals surface area (Å²) in [6.07, 6.45) is 7.33. The molecule has 0 spiro atoms. The molecule has 3 aliphatic rings. The van der Waals surface area contributed by atoms with Crippen molar-refractivity contribution in [3.8, 4) is 5.75 Å². The van der Waals surface area contributed by atoms with E-state index >= 15 is 0 Å². The summed E-state index contributed by atoms with van der Waals surface area (Å²) in [7, 11) is 0. The van der Waals surface area contributed by atoms with E-state index in [0.717, 1.165) is 41.8 Å². The third-order valence-electron chi connectivity index (χ3n) is 7.52. The summed E-state index contributed by atoms with van der Waals surface area (Å²) in [5.41, 5.74) is 2.61. The van der Waals surface area contributed by atoms with Gasteiger partial charge in [0.25, 0.3) is 5.91 Å². The molecule has 0 aliphatic carbocycles. The van der Waals surface area contributed by atoms with Crippen LogP contribution < -0.4 is 4.74 Å². The average molecular weight is 444 g/mol. The summed E-state index contributed by atoms with van der Waals surface area (Å²) < 4.78 is 15.1. The lowest BCUT2D eigenvalue weighted by molar-refractivity contribution is -0.159. The van der Waals surface area contributed by atoms with Gasteiger partial charge in [0.1, 0.15) is 11.4 Å². The van der Waals surface area contributed by atoms with E-state index in [2.05, 4.69) is 31.0 Å². The number of carbonyl (C=O) groups is 1. The number of benzene rings is 2. The molecule has 0 N–H and O–H groups in total. The number of amides is 1. The van der Waals surface area contributed by atoms with Crippen LogP contribution in [-0.2, 0) is 11.3 Å². The molecule has 0 radical (unpaired) electrons. The summed E-state index contributed by atoms with van der Waals surface area (Å²) in [6.45, 7) is 5.71. The SMILES string of the molecule is CC1(C)Oc2ccccc2[C@@H]2O[C@@H]3CCN(C(=O)c4cccc(Cn5ccnc5)c4)[C@H]3C[C@H]21. The van der Waals surface area contributed by atoms with Crippen LogP contribution in [-0.4, -0.2) is 44.6 Å². The molecule has 6 rings (SSSR count). The van der Waals surface area contributed by atoms with E-state index in [1.165, 1.54) is 0 Å². The Morgan fingerprint density at radius 1 is 1.18 bits per heavy atom. The molecule has 3 aliphatic heterocycles. The number of aromatic nitrogens is 2. The first-order valence-electron chi connectivity index (χ1n) is 11.8. The third kappa shape index (κ3) is 3.53. The maximum Gasteiger partial charge on any atom is 0.254 e. The van der Waals surface area contributed by atoms with Gasteiger partial charge in [-0.1, -0.05) is 30.3 Å². The van der Waals surface area contributed by atoms with E-state index in [-0.39, 0.29) is 35.7 Å². The van der Waals surface area contributed by atoms with Crippen LogP contribution in [0.5, 0.6) is 5.75 Å². The minimum atomic E-state index is -0.355. The Kier molecular flexibility index (Phi) is 4.80. The van der Waals surface area contributed by atoms with Crippen molar-refractivity contribution in [3.05, 3.63) is 83.9 Å². The number of rotatable bonds is 3. The normalized spacial score (nSPS) is 27.3. The lowest BCUT2D eigenvalue weighted by atomic mass is 9.74. The Balaban J connectivity index is 1.24. The fourth-order valence-corrected chi connectivity index (χ4v) is 5.85. The molecule has 4 heterocycles. The topological polar surface area (TPSA) is 56.6 Å². The fraction of sp³-hybridized carbons (Fsp3) is 0.407. The molecule has 2 aromatic carbocycles. The lowest BCUT2D eigenvalue weighted by Crippen LogP contribution is -2.54. The van der Waals surface area contributed by atoms with E-state index < -0.39 is 0 Å². The van der Waals surface area contributed by atoms with Crippen molar-refractivity contribution in [3.63, 3.8) is 0 Å². The Labute approximate surface area is 194 Å². The van der Waals surface area contributed by atoms with Crippen molar-refractivity contribution in [1.29, 1.82) is 0 Å². The van der Waals surface area contributed by atoms with Gasteiger partial charge in [-0.25, -0.2) is 4.98 Å². The Hall–Kier alpha value is -3.12. The molecule has 33 heavy (non-hydrogen) atoms. The van der Waals surface area contributed by atoms with Crippen molar-refractivity contribution in [2.45, 2.75) is 57.1 Å². The van der Waals surface area contributed by atoms with E-state index in [9.17, 15) is 4.79 Å². The third-order valence-corrected chi connectivity index (χ3v) is 7.52. The number of carbonyl (C=O) groups excluding carboxylic acids is 1. The van der Waals surface area contributed by atoms with Crippen molar-refractivity contribution < 1.29 is 14.3 Å². The van der Waals surface area contributed by atoms with Crippen molar-refractivity contribution in [2.24, 2.45) is 5.92 Å². The van der Waals surface area contributed by atoms with Crippen molar-refractivity contribution in [1.82, 2.24) is 14.5 Å². The van der Waals surface area contributed by atoms with E-state index in [4.69, 9.17) is 9.47 Å². The second kappa shape index (κ2) is 7.73. The van der Waals surface area contributed by atoms with E-state index in [0.29, 0.717) is 6.54 Å². The minimum Gasteiger partial charge on any atom is -0.487 e. The van der Waals surface area contributed by atoms with Gasteiger partial charge in [0, 0.05) is 42.5 Å². The average Bonchev–Trinajstić information content (AvgIpc) is 3.47. The fourth-order valence-electron chi connectivity index (χ4n) is 5.85. The quantitative estimate of drug-likeness (QED) is 0.600. The number of ether oxygens (including phenoxy) is 2. The molecule has 0 bridgehead atoms. The van der Waals surface area contributed by atoms with E-state index in [1.807, 2.05) is 52.1 Å². The summed E-state index contributed by atoms with van der Waals surface area (Å²) in [4.78, 5) is 19.7. The lowest BCUT2D eigenvalue weighted by Gasteiger charge is -2.50. The van der Waals surface area contributed by atoms with Gasteiger partial charge in [0.05, 0.1) is 24.6 Å². The smallest absolute Gasteiger partial charge is 0.254 e. The first-order valence-corrected chi connectivity index (χ1v) is 11.8. The zero-order valence-corrected chi connectivity index (χ0v) is 19.1. The first-order chi connectivity index (χ1) is 16.0. The number of fused-ring (bicyclic) bond motifs is 4. The molecular weight excluding hydrogens is 414 g/mol. The van der Waals surface area contributed by atoms with Gasteiger partial charge < -0.3 is 18.9 Å². The van der Waals surface area contributed by atoms with Gasteiger partial charge >= 0.3 is 0 Å². The maximum atomic E-state index is 13.6. The van der Waals surface area contributed by atoms with Crippen LogP contribution >= 0.6 is 0 Å². The van der Waals surface area contributed by atoms with Gasteiger partial charge in [-0.15, -0.1) is 0 Å². The zero-order chi connectivity index (χ0) is 22.6. The largest absolute Gasteiger partial charge is 0.487 e. The highest BCUT2D eigenvalue weighted by atomic mass is 16.5. The molecular formula is C27H29N3O3. The number of hydrogen-bond acceptors (Lipinski definition) is 4. The van der Waals surface area contributed by atoms with Gasteiger partial charge in [0.15, 0.2) is 0 Å².